The molecule has 0 aliphatic rings. The summed E-state index contributed by atoms with van der Waals surface area (Å²) in [7, 11) is -3.39. The van der Waals surface area contributed by atoms with Gasteiger partial charge in [-0.3, -0.25) is 4.79 Å². The summed E-state index contributed by atoms with van der Waals surface area (Å²) in [4.78, 5) is 10.8. The molecule has 22 heavy (non-hydrogen) atoms. The zero-order chi connectivity index (χ0) is 16.6. The maximum atomic E-state index is 12.1. The smallest absolute Gasteiger partial charge is 0.303 e. The van der Waals surface area contributed by atoms with Crippen molar-refractivity contribution in [3.8, 4) is 0 Å². The molecular weight excluding hydrogens is 302 g/mol. The molecule has 6 heteroatoms. The first-order valence-electron chi connectivity index (χ1n) is 7.54. The van der Waals surface area contributed by atoms with Crippen LogP contribution in [0, 0.1) is 5.92 Å². The van der Waals surface area contributed by atoms with Gasteiger partial charge in [-0.05, 0) is 30.7 Å². The Morgan fingerprint density at radius 1 is 1.18 bits per heavy atom. The second-order valence-electron chi connectivity index (χ2n) is 5.94. The van der Waals surface area contributed by atoms with Crippen LogP contribution in [0.4, 0.5) is 0 Å². The molecule has 0 aliphatic heterocycles. The number of hydrogen-bond acceptors (Lipinski definition) is 3. The number of benzene rings is 1. The Morgan fingerprint density at radius 2 is 1.82 bits per heavy atom. The normalized spacial score (nSPS) is 13.2. The fraction of sp³-hybridized carbons (Fsp3) is 0.562. The molecule has 0 saturated carbocycles. The highest BCUT2D eigenvalue weighted by Gasteiger charge is 2.19. The average molecular weight is 327 g/mol. The summed E-state index contributed by atoms with van der Waals surface area (Å²) in [6.45, 7) is 3.95. The lowest BCUT2D eigenvalue weighted by atomic mass is 10.0. The van der Waals surface area contributed by atoms with Crippen LogP contribution in [0.15, 0.2) is 30.3 Å². The van der Waals surface area contributed by atoms with Crippen LogP contribution in [0.2, 0.25) is 0 Å². The summed E-state index contributed by atoms with van der Waals surface area (Å²) in [5.74, 6) is -0.536. The molecule has 0 aromatic heterocycles. The van der Waals surface area contributed by atoms with Crippen LogP contribution in [0.5, 0.6) is 0 Å². The summed E-state index contributed by atoms with van der Waals surface area (Å²) in [6.07, 6.45) is 1.32. The number of carbonyl (C=O) groups is 1. The number of carboxylic acids is 1. The lowest BCUT2D eigenvalue weighted by Crippen LogP contribution is -2.38. The Kier molecular flexibility index (Phi) is 7.55. The van der Waals surface area contributed by atoms with E-state index in [9.17, 15) is 13.2 Å². The van der Waals surface area contributed by atoms with E-state index in [4.69, 9.17) is 5.11 Å². The standard InChI is InChI=1S/C16H25NO4S/c1-13(2)10-11-22(20,21)17-15(8-9-16(18)19)12-14-6-4-3-5-7-14/h3-7,13,15,17H,8-12H2,1-2H3,(H,18,19). The third-order valence-electron chi connectivity index (χ3n) is 3.34. The average Bonchev–Trinajstić information content (AvgIpc) is 2.43. The zero-order valence-electron chi connectivity index (χ0n) is 13.2. The van der Waals surface area contributed by atoms with Gasteiger partial charge in [0.1, 0.15) is 0 Å². The molecule has 2 N–H and O–H groups in total. The first-order valence-corrected chi connectivity index (χ1v) is 9.19. The second-order valence-corrected chi connectivity index (χ2v) is 7.81. The van der Waals surface area contributed by atoms with E-state index in [1.807, 2.05) is 44.2 Å². The third kappa shape index (κ3) is 8.14. The summed E-state index contributed by atoms with van der Waals surface area (Å²) >= 11 is 0. The van der Waals surface area contributed by atoms with Gasteiger partial charge >= 0.3 is 5.97 Å². The largest absolute Gasteiger partial charge is 0.481 e. The molecule has 0 fully saturated rings. The van der Waals surface area contributed by atoms with Gasteiger partial charge in [-0.2, -0.15) is 0 Å². The maximum absolute atomic E-state index is 12.1. The van der Waals surface area contributed by atoms with Gasteiger partial charge in [0, 0.05) is 12.5 Å². The third-order valence-corrected chi connectivity index (χ3v) is 4.81. The first-order chi connectivity index (χ1) is 10.3. The molecule has 1 unspecified atom stereocenters. The molecule has 124 valence electrons. The predicted octanol–water partition coefficient (Wildman–Crippen LogP) is 2.43. The van der Waals surface area contributed by atoms with Crippen LogP contribution >= 0.6 is 0 Å². The van der Waals surface area contributed by atoms with Crippen molar-refractivity contribution in [1.29, 1.82) is 0 Å². The van der Waals surface area contributed by atoms with Gasteiger partial charge in [-0.15, -0.1) is 0 Å². The van der Waals surface area contributed by atoms with Crippen molar-refractivity contribution in [2.75, 3.05) is 5.75 Å². The van der Waals surface area contributed by atoms with Gasteiger partial charge in [0.15, 0.2) is 0 Å². The van der Waals surface area contributed by atoms with Crippen molar-refractivity contribution >= 4 is 16.0 Å². The van der Waals surface area contributed by atoms with Gasteiger partial charge in [0.2, 0.25) is 10.0 Å². The molecule has 1 atom stereocenters. The van der Waals surface area contributed by atoms with Crippen molar-refractivity contribution in [1.82, 2.24) is 4.72 Å². The molecule has 1 rings (SSSR count). The van der Waals surface area contributed by atoms with Gasteiger partial charge in [0.05, 0.1) is 5.75 Å². The zero-order valence-corrected chi connectivity index (χ0v) is 14.0. The van der Waals surface area contributed by atoms with E-state index in [0.29, 0.717) is 18.8 Å². The SMILES string of the molecule is CC(C)CCS(=O)(=O)NC(CCC(=O)O)Cc1ccccc1. The quantitative estimate of drug-likeness (QED) is 0.691. The summed E-state index contributed by atoms with van der Waals surface area (Å²) < 4.78 is 26.9. The van der Waals surface area contributed by atoms with E-state index < -0.39 is 22.0 Å². The Balaban J connectivity index is 2.70. The molecule has 0 amide bonds. The van der Waals surface area contributed by atoms with Crippen LogP contribution < -0.4 is 4.72 Å². The van der Waals surface area contributed by atoms with E-state index in [-0.39, 0.29) is 18.6 Å². The minimum Gasteiger partial charge on any atom is -0.481 e. The van der Waals surface area contributed by atoms with Crippen LogP contribution in [-0.2, 0) is 21.2 Å². The van der Waals surface area contributed by atoms with Gasteiger partial charge in [-0.1, -0.05) is 44.2 Å². The number of hydrogen-bond donors (Lipinski definition) is 2. The molecule has 0 radical (unpaired) electrons. The lowest BCUT2D eigenvalue weighted by Gasteiger charge is -2.18. The van der Waals surface area contributed by atoms with Gasteiger partial charge in [-0.25, -0.2) is 13.1 Å². The number of nitrogens with one attached hydrogen (secondary N) is 1. The number of carboxylic acid groups (broad SMARTS) is 1. The molecule has 1 aromatic carbocycles. The van der Waals surface area contributed by atoms with Crippen LogP contribution in [0.25, 0.3) is 0 Å². The maximum Gasteiger partial charge on any atom is 0.303 e. The highest BCUT2D eigenvalue weighted by atomic mass is 32.2. The highest BCUT2D eigenvalue weighted by Crippen LogP contribution is 2.10. The Bertz CT molecular complexity index is 555. The van der Waals surface area contributed by atoms with Crippen molar-refractivity contribution in [3.63, 3.8) is 0 Å². The second kappa shape index (κ2) is 8.90. The first kappa shape index (κ1) is 18.6. The van der Waals surface area contributed by atoms with Crippen molar-refractivity contribution < 1.29 is 18.3 Å². The van der Waals surface area contributed by atoms with E-state index in [0.717, 1.165) is 5.56 Å². The van der Waals surface area contributed by atoms with Crippen LogP contribution in [0.1, 0.15) is 38.7 Å². The molecule has 0 spiro atoms. The van der Waals surface area contributed by atoms with Crippen LogP contribution in [0.3, 0.4) is 0 Å². The van der Waals surface area contributed by atoms with Crippen LogP contribution in [-0.4, -0.2) is 31.3 Å². The van der Waals surface area contributed by atoms with Gasteiger partial charge < -0.3 is 5.11 Å². The Labute approximate surface area is 132 Å². The predicted molar refractivity (Wildman–Crippen MR) is 87.2 cm³/mol. The van der Waals surface area contributed by atoms with E-state index in [1.165, 1.54) is 0 Å². The molecular formula is C16H25NO4S. The van der Waals surface area contributed by atoms with Crippen molar-refractivity contribution in [2.45, 2.75) is 45.6 Å². The van der Waals surface area contributed by atoms with Crippen molar-refractivity contribution in [2.24, 2.45) is 5.92 Å². The summed E-state index contributed by atoms with van der Waals surface area (Å²) in [5, 5.41) is 8.83. The molecule has 0 aliphatic carbocycles. The van der Waals surface area contributed by atoms with Crippen molar-refractivity contribution in [3.05, 3.63) is 35.9 Å². The van der Waals surface area contributed by atoms with E-state index >= 15 is 0 Å². The summed E-state index contributed by atoms with van der Waals surface area (Å²) in [6, 6.07) is 9.10. The topological polar surface area (TPSA) is 83.5 Å². The van der Waals surface area contributed by atoms with E-state index in [1.54, 1.807) is 0 Å². The molecule has 1 aromatic rings. The molecule has 0 saturated heterocycles. The Hall–Kier alpha value is -1.40. The molecule has 5 nitrogen and oxygen atoms in total. The monoisotopic (exact) mass is 327 g/mol. The lowest BCUT2D eigenvalue weighted by molar-refractivity contribution is -0.137. The minimum atomic E-state index is -3.39. The fourth-order valence-electron chi connectivity index (χ4n) is 2.10. The summed E-state index contributed by atoms with van der Waals surface area (Å²) in [5.41, 5.74) is 0.990. The molecule has 0 heterocycles. The molecule has 0 bridgehead atoms. The number of aliphatic carboxylic acids is 1. The fourth-order valence-corrected chi connectivity index (χ4v) is 3.71. The minimum absolute atomic E-state index is 0.0514. The van der Waals surface area contributed by atoms with Gasteiger partial charge in [0.25, 0.3) is 0 Å². The highest BCUT2D eigenvalue weighted by molar-refractivity contribution is 7.89. The number of rotatable bonds is 10. The number of sulfonamides is 1. The Morgan fingerprint density at radius 3 is 2.36 bits per heavy atom. The van der Waals surface area contributed by atoms with E-state index in [2.05, 4.69) is 4.72 Å².